The molecule has 0 aromatic rings. The molecule has 2 rings (SSSR count). The molecule has 0 aromatic carbocycles. The van der Waals surface area contributed by atoms with E-state index in [4.69, 9.17) is 0 Å². The fourth-order valence-electron chi connectivity index (χ4n) is 2.49. The molecule has 1 N–H and O–H groups in total. The molecule has 88 valence electrons. The zero-order valence-electron chi connectivity index (χ0n) is 11.0. The van der Waals surface area contributed by atoms with E-state index in [0.29, 0.717) is 23.9 Å². The zero-order chi connectivity index (χ0) is 11.9. The van der Waals surface area contributed by atoms with Crippen molar-refractivity contribution in [1.29, 1.82) is 0 Å². The average molecular weight is 219 g/mol. The highest BCUT2D eigenvalue weighted by Gasteiger charge is 2.36. The number of rotatable bonds is 1. The molecule has 2 heterocycles. The van der Waals surface area contributed by atoms with E-state index >= 15 is 0 Å². The molecule has 4 unspecified atom stereocenters. The highest BCUT2D eigenvalue weighted by molar-refractivity contribution is 5.69. The SMILES string of the molecule is CC1=CC=[N+](C2=CNC(C)C2C)C(C)C1C. The Hall–Kier alpha value is -1.05. The first kappa shape index (κ1) is 11.4. The molecule has 0 saturated heterocycles. The van der Waals surface area contributed by atoms with Gasteiger partial charge in [-0.15, -0.1) is 0 Å². The van der Waals surface area contributed by atoms with E-state index in [9.17, 15) is 0 Å². The molecule has 16 heavy (non-hydrogen) atoms. The summed E-state index contributed by atoms with van der Waals surface area (Å²) in [5.74, 6) is 1.23. The molecule has 0 aliphatic carbocycles. The third-order valence-electron chi connectivity index (χ3n) is 4.39. The lowest BCUT2D eigenvalue weighted by Gasteiger charge is -2.24. The van der Waals surface area contributed by atoms with E-state index in [-0.39, 0.29) is 0 Å². The number of nitrogens with zero attached hydrogens (tertiary/aromatic N) is 1. The molecule has 2 aliphatic heterocycles. The van der Waals surface area contributed by atoms with Gasteiger partial charge in [0.1, 0.15) is 0 Å². The van der Waals surface area contributed by atoms with E-state index in [0.717, 1.165) is 0 Å². The lowest BCUT2D eigenvalue weighted by atomic mass is 9.91. The first-order valence-electron chi connectivity index (χ1n) is 6.28. The van der Waals surface area contributed by atoms with Crippen LogP contribution in [-0.2, 0) is 0 Å². The fraction of sp³-hybridized carbons (Fsp3) is 0.643. The van der Waals surface area contributed by atoms with Crippen molar-refractivity contribution in [2.45, 2.75) is 46.7 Å². The van der Waals surface area contributed by atoms with Crippen molar-refractivity contribution in [1.82, 2.24) is 5.32 Å². The van der Waals surface area contributed by atoms with Crippen molar-refractivity contribution in [3.63, 3.8) is 0 Å². The summed E-state index contributed by atoms with van der Waals surface area (Å²) in [6.45, 7) is 11.4. The van der Waals surface area contributed by atoms with Gasteiger partial charge in [-0.2, -0.15) is 4.58 Å². The summed E-state index contributed by atoms with van der Waals surface area (Å²) in [5.41, 5.74) is 2.91. The Morgan fingerprint density at radius 3 is 2.38 bits per heavy atom. The predicted octanol–water partition coefficient (Wildman–Crippen LogP) is 2.52. The van der Waals surface area contributed by atoms with Crippen LogP contribution >= 0.6 is 0 Å². The number of hydrogen-bond donors (Lipinski definition) is 1. The number of hydrogen-bond acceptors (Lipinski definition) is 1. The van der Waals surface area contributed by atoms with E-state index < -0.39 is 0 Å². The Kier molecular flexibility index (Phi) is 2.92. The van der Waals surface area contributed by atoms with Gasteiger partial charge in [0.2, 0.25) is 5.70 Å². The maximum Gasteiger partial charge on any atom is 0.202 e. The lowest BCUT2D eigenvalue weighted by Crippen LogP contribution is -2.35. The molecule has 0 bridgehead atoms. The van der Waals surface area contributed by atoms with Crippen LogP contribution < -0.4 is 5.32 Å². The van der Waals surface area contributed by atoms with Gasteiger partial charge in [-0.05, 0) is 20.8 Å². The van der Waals surface area contributed by atoms with Crippen LogP contribution in [0.15, 0.2) is 23.5 Å². The van der Waals surface area contributed by atoms with Gasteiger partial charge in [-0.3, -0.25) is 0 Å². The third kappa shape index (κ3) is 1.70. The highest BCUT2D eigenvalue weighted by atomic mass is 15.1. The van der Waals surface area contributed by atoms with Crippen molar-refractivity contribution in [2.75, 3.05) is 0 Å². The summed E-state index contributed by atoms with van der Waals surface area (Å²) >= 11 is 0. The van der Waals surface area contributed by atoms with E-state index in [1.54, 1.807) is 0 Å². The standard InChI is InChI=1S/C14H23N2/c1-9-6-7-16(13(5)10(9)2)14-8-15-12(4)11(14)3/h6-8,10-13,15H,1-5H3/q+1. The van der Waals surface area contributed by atoms with Crippen LogP contribution in [0.3, 0.4) is 0 Å². The second-order valence-corrected chi connectivity index (χ2v) is 5.31. The lowest BCUT2D eigenvalue weighted by molar-refractivity contribution is -0.524. The van der Waals surface area contributed by atoms with Gasteiger partial charge in [0.05, 0.1) is 12.1 Å². The topological polar surface area (TPSA) is 15.0 Å². The van der Waals surface area contributed by atoms with Crippen molar-refractivity contribution >= 4 is 6.21 Å². The normalized spacial score (nSPS) is 38.7. The van der Waals surface area contributed by atoms with Gasteiger partial charge in [-0.25, -0.2) is 0 Å². The van der Waals surface area contributed by atoms with Crippen molar-refractivity contribution in [3.8, 4) is 0 Å². The van der Waals surface area contributed by atoms with Gasteiger partial charge in [0.15, 0.2) is 12.3 Å². The minimum absolute atomic E-state index is 0.554. The average Bonchev–Trinajstić information content (AvgIpc) is 2.58. The molecule has 0 amide bonds. The minimum Gasteiger partial charge on any atom is -0.383 e. The smallest absolute Gasteiger partial charge is 0.202 e. The van der Waals surface area contributed by atoms with E-state index in [2.05, 4.69) is 63.0 Å². The van der Waals surface area contributed by atoms with Crippen LogP contribution in [0.4, 0.5) is 0 Å². The molecule has 0 saturated carbocycles. The molecule has 0 aromatic heterocycles. The molecule has 4 atom stereocenters. The Morgan fingerprint density at radius 2 is 1.81 bits per heavy atom. The molecule has 0 spiro atoms. The minimum atomic E-state index is 0.554. The highest BCUT2D eigenvalue weighted by Crippen LogP contribution is 2.28. The van der Waals surface area contributed by atoms with Crippen LogP contribution in [-0.4, -0.2) is 22.9 Å². The molecule has 2 nitrogen and oxygen atoms in total. The van der Waals surface area contributed by atoms with E-state index in [1.165, 1.54) is 11.3 Å². The van der Waals surface area contributed by atoms with Gasteiger partial charge in [0, 0.05) is 18.0 Å². The van der Waals surface area contributed by atoms with Crippen LogP contribution in [0, 0.1) is 11.8 Å². The Bertz CT molecular complexity index is 376. The fourth-order valence-corrected chi connectivity index (χ4v) is 2.49. The van der Waals surface area contributed by atoms with Crippen LogP contribution in [0.5, 0.6) is 0 Å². The molecular formula is C14H23N2+. The van der Waals surface area contributed by atoms with Gasteiger partial charge in [-0.1, -0.05) is 19.4 Å². The summed E-state index contributed by atoms with van der Waals surface area (Å²) in [6, 6.07) is 1.11. The molecular weight excluding hydrogens is 196 g/mol. The van der Waals surface area contributed by atoms with Crippen LogP contribution in [0.2, 0.25) is 0 Å². The Morgan fingerprint density at radius 1 is 1.12 bits per heavy atom. The summed E-state index contributed by atoms with van der Waals surface area (Å²) in [4.78, 5) is 0. The first-order chi connectivity index (χ1) is 7.52. The molecule has 0 radical (unpaired) electrons. The largest absolute Gasteiger partial charge is 0.383 e. The van der Waals surface area contributed by atoms with Crippen molar-refractivity contribution in [2.24, 2.45) is 11.8 Å². The second-order valence-electron chi connectivity index (χ2n) is 5.31. The maximum atomic E-state index is 3.42. The third-order valence-corrected chi connectivity index (χ3v) is 4.39. The monoisotopic (exact) mass is 219 g/mol. The van der Waals surface area contributed by atoms with Crippen molar-refractivity contribution in [3.05, 3.63) is 23.5 Å². The predicted molar refractivity (Wildman–Crippen MR) is 68.6 cm³/mol. The first-order valence-corrected chi connectivity index (χ1v) is 6.28. The summed E-state index contributed by atoms with van der Waals surface area (Å²) in [5, 5.41) is 3.42. The van der Waals surface area contributed by atoms with E-state index in [1.807, 2.05) is 0 Å². The van der Waals surface area contributed by atoms with Gasteiger partial charge >= 0.3 is 0 Å². The summed E-state index contributed by atoms with van der Waals surface area (Å²) in [6.07, 6.45) is 6.67. The second kappa shape index (κ2) is 4.08. The quantitative estimate of drug-likeness (QED) is 0.670. The molecule has 2 heteroatoms. The van der Waals surface area contributed by atoms with Crippen LogP contribution in [0.25, 0.3) is 0 Å². The van der Waals surface area contributed by atoms with Crippen molar-refractivity contribution < 1.29 is 4.58 Å². The summed E-state index contributed by atoms with van der Waals surface area (Å²) < 4.78 is 2.43. The van der Waals surface area contributed by atoms with Gasteiger partial charge in [0.25, 0.3) is 0 Å². The number of nitrogens with one attached hydrogen (secondary N) is 1. The Balaban J connectivity index is 2.29. The Labute approximate surface area is 98.7 Å². The maximum absolute atomic E-state index is 3.42. The molecule has 0 fully saturated rings. The summed E-state index contributed by atoms with van der Waals surface area (Å²) in [7, 11) is 0. The number of allylic oxidation sites excluding steroid dienone is 1. The zero-order valence-corrected chi connectivity index (χ0v) is 11.0. The molecule has 2 aliphatic rings. The van der Waals surface area contributed by atoms with Gasteiger partial charge < -0.3 is 5.32 Å². The van der Waals surface area contributed by atoms with Crippen LogP contribution in [0.1, 0.15) is 34.6 Å².